The molecule has 1 aromatic heterocycles. The molecule has 0 aliphatic carbocycles. The first-order valence-corrected chi connectivity index (χ1v) is 5.94. The Labute approximate surface area is 93.6 Å². The molecular formula is C10H14N4S. The standard InChI is InChI=1S/C10H14N4S/c1-7-3-12-9(4-11-7)5-13-10-14-8(2)6-15-10/h3-4,8H,5-6H2,1-2H3,(H,13,14). The lowest BCUT2D eigenvalue weighted by Crippen LogP contribution is -2.23. The van der Waals surface area contributed by atoms with E-state index in [0.717, 1.165) is 22.3 Å². The second-order valence-electron chi connectivity index (χ2n) is 3.63. The van der Waals surface area contributed by atoms with E-state index in [4.69, 9.17) is 0 Å². The second kappa shape index (κ2) is 4.61. The zero-order chi connectivity index (χ0) is 10.7. The van der Waals surface area contributed by atoms with Crippen molar-refractivity contribution in [2.45, 2.75) is 26.4 Å². The summed E-state index contributed by atoms with van der Waals surface area (Å²) in [6.07, 6.45) is 3.55. The van der Waals surface area contributed by atoms with Crippen LogP contribution in [-0.4, -0.2) is 26.9 Å². The highest BCUT2D eigenvalue weighted by Gasteiger charge is 2.14. The number of aliphatic imine (C=N–C) groups is 1. The summed E-state index contributed by atoms with van der Waals surface area (Å²) in [6, 6.07) is 0.526. The quantitative estimate of drug-likeness (QED) is 0.821. The van der Waals surface area contributed by atoms with Crippen LogP contribution in [0.25, 0.3) is 0 Å². The Morgan fingerprint density at radius 1 is 1.53 bits per heavy atom. The van der Waals surface area contributed by atoms with Crippen molar-refractivity contribution in [3.63, 3.8) is 0 Å². The van der Waals surface area contributed by atoms with Crippen LogP contribution in [0.15, 0.2) is 17.4 Å². The Morgan fingerprint density at radius 2 is 2.40 bits per heavy atom. The highest BCUT2D eigenvalue weighted by Crippen LogP contribution is 2.13. The maximum absolute atomic E-state index is 4.44. The van der Waals surface area contributed by atoms with Gasteiger partial charge in [0.25, 0.3) is 0 Å². The zero-order valence-corrected chi connectivity index (χ0v) is 9.71. The lowest BCUT2D eigenvalue weighted by Gasteiger charge is -2.00. The maximum Gasteiger partial charge on any atom is 0.157 e. The van der Waals surface area contributed by atoms with Gasteiger partial charge in [-0.2, -0.15) is 0 Å². The van der Waals surface area contributed by atoms with Crippen LogP contribution in [0.2, 0.25) is 0 Å². The second-order valence-corrected chi connectivity index (χ2v) is 4.64. The van der Waals surface area contributed by atoms with Crippen molar-refractivity contribution >= 4 is 16.9 Å². The number of aromatic nitrogens is 2. The predicted octanol–water partition coefficient (Wildman–Crippen LogP) is 1.37. The first-order chi connectivity index (χ1) is 7.24. The van der Waals surface area contributed by atoms with Gasteiger partial charge in [0.1, 0.15) is 0 Å². The number of nitrogens with zero attached hydrogens (tertiary/aromatic N) is 3. The van der Waals surface area contributed by atoms with Crippen molar-refractivity contribution in [1.82, 2.24) is 15.3 Å². The molecule has 4 nitrogen and oxygen atoms in total. The molecule has 1 atom stereocenters. The maximum atomic E-state index is 4.44. The SMILES string of the molecule is Cc1cnc(CN=C2NC(C)CS2)cn1. The summed E-state index contributed by atoms with van der Waals surface area (Å²) in [7, 11) is 0. The third kappa shape index (κ3) is 2.92. The minimum atomic E-state index is 0.526. The zero-order valence-electron chi connectivity index (χ0n) is 8.90. The van der Waals surface area contributed by atoms with E-state index in [1.54, 1.807) is 24.2 Å². The number of amidine groups is 1. The van der Waals surface area contributed by atoms with Gasteiger partial charge >= 0.3 is 0 Å². The highest BCUT2D eigenvalue weighted by atomic mass is 32.2. The molecule has 0 aromatic carbocycles. The van der Waals surface area contributed by atoms with Crippen LogP contribution >= 0.6 is 11.8 Å². The molecule has 80 valence electrons. The fourth-order valence-corrected chi connectivity index (χ4v) is 2.17. The average Bonchev–Trinajstić information content (AvgIpc) is 2.64. The summed E-state index contributed by atoms with van der Waals surface area (Å²) in [5, 5.41) is 4.32. The van der Waals surface area contributed by atoms with Gasteiger partial charge in [-0.3, -0.25) is 15.0 Å². The van der Waals surface area contributed by atoms with Gasteiger partial charge in [0, 0.05) is 18.0 Å². The number of hydrogen-bond donors (Lipinski definition) is 1. The molecule has 0 saturated carbocycles. The number of nitrogens with one attached hydrogen (secondary N) is 1. The molecule has 1 fully saturated rings. The molecule has 0 radical (unpaired) electrons. The van der Waals surface area contributed by atoms with Gasteiger partial charge in [-0.1, -0.05) is 11.8 Å². The van der Waals surface area contributed by atoms with Crippen LogP contribution < -0.4 is 5.32 Å². The fraction of sp³-hybridized carbons (Fsp3) is 0.500. The highest BCUT2D eigenvalue weighted by molar-refractivity contribution is 8.14. The van der Waals surface area contributed by atoms with Crippen LogP contribution in [0.4, 0.5) is 0 Å². The normalized spacial score (nSPS) is 23.1. The van der Waals surface area contributed by atoms with E-state index in [1.807, 2.05) is 6.92 Å². The summed E-state index contributed by atoms with van der Waals surface area (Å²) in [5.74, 6) is 1.10. The van der Waals surface area contributed by atoms with Gasteiger partial charge in [-0.15, -0.1) is 0 Å². The number of thioether (sulfide) groups is 1. The molecule has 1 N–H and O–H groups in total. The van der Waals surface area contributed by atoms with Crippen molar-refractivity contribution in [3.8, 4) is 0 Å². The Hall–Kier alpha value is -1.10. The van der Waals surface area contributed by atoms with Crippen molar-refractivity contribution in [1.29, 1.82) is 0 Å². The Balaban J connectivity index is 1.95. The van der Waals surface area contributed by atoms with Crippen LogP contribution in [0.3, 0.4) is 0 Å². The number of rotatable bonds is 2. The Kier molecular flexibility index (Phi) is 3.20. The van der Waals surface area contributed by atoms with Crippen molar-refractivity contribution < 1.29 is 0 Å². The molecule has 2 rings (SSSR count). The first kappa shape index (κ1) is 10.4. The third-order valence-corrected chi connectivity index (χ3v) is 3.25. The predicted molar refractivity (Wildman–Crippen MR) is 63.0 cm³/mol. The van der Waals surface area contributed by atoms with E-state index in [9.17, 15) is 0 Å². The third-order valence-electron chi connectivity index (χ3n) is 2.06. The molecule has 1 unspecified atom stereocenters. The monoisotopic (exact) mass is 222 g/mol. The van der Waals surface area contributed by atoms with Gasteiger partial charge in [0.15, 0.2) is 5.17 Å². The molecule has 0 spiro atoms. The lowest BCUT2D eigenvalue weighted by atomic mass is 10.4. The largest absolute Gasteiger partial charge is 0.362 e. The van der Waals surface area contributed by atoms with Gasteiger partial charge < -0.3 is 5.32 Å². The number of hydrogen-bond acceptors (Lipinski definition) is 4. The van der Waals surface area contributed by atoms with Gasteiger partial charge in [-0.05, 0) is 13.8 Å². The van der Waals surface area contributed by atoms with Gasteiger partial charge in [0.2, 0.25) is 0 Å². The summed E-state index contributed by atoms with van der Waals surface area (Å²) < 4.78 is 0. The molecule has 1 saturated heterocycles. The summed E-state index contributed by atoms with van der Waals surface area (Å²) >= 11 is 1.76. The van der Waals surface area contributed by atoms with Crippen LogP contribution in [-0.2, 0) is 6.54 Å². The Morgan fingerprint density at radius 3 is 3.00 bits per heavy atom. The molecule has 0 amide bonds. The van der Waals surface area contributed by atoms with E-state index in [1.165, 1.54) is 0 Å². The van der Waals surface area contributed by atoms with Crippen molar-refractivity contribution in [3.05, 3.63) is 23.8 Å². The van der Waals surface area contributed by atoms with Crippen molar-refractivity contribution in [2.24, 2.45) is 4.99 Å². The minimum absolute atomic E-state index is 0.526. The summed E-state index contributed by atoms with van der Waals surface area (Å²) in [4.78, 5) is 12.9. The Bertz CT molecular complexity index is 360. The van der Waals surface area contributed by atoms with E-state index in [2.05, 4.69) is 27.2 Å². The van der Waals surface area contributed by atoms with E-state index in [-0.39, 0.29) is 0 Å². The number of aryl methyl sites for hydroxylation is 1. The van der Waals surface area contributed by atoms with E-state index >= 15 is 0 Å². The summed E-state index contributed by atoms with van der Waals surface area (Å²) in [6.45, 7) is 4.69. The average molecular weight is 222 g/mol. The van der Waals surface area contributed by atoms with E-state index < -0.39 is 0 Å². The molecule has 1 aliphatic heterocycles. The van der Waals surface area contributed by atoms with Gasteiger partial charge in [0.05, 0.1) is 24.1 Å². The first-order valence-electron chi connectivity index (χ1n) is 4.95. The fourth-order valence-electron chi connectivity index (χ4n) is 1.24. The van der Waals surface area contributed by atoms with Crippen LogP contribution in [0.5, 0.6) is 0 Å². The summed E-state index contributed by atoms with van der Waals surface area (Å²) in [5.41, 5.74) is 1.85. The molecule has 1 aromatic rings. The topological polar surface area (TPSA) is 50.2 Å². The van der Waals surface area contributed by atoms with Crippen LogP contribution in [0, 0.1) is 6.92 Å². The molecule has 1 aliphatic rings. The van der Waals surface area contributed by atoms with Gasteiger partial charge in [-0.25, -0.2) is 0 Å². The van der Waals surface area contributed by atoms with E-state index in [0.29, 0.717) is 12.6 Å². The molecule has 15 heavy (non-hydrogen) atoms. The lowest BCUT2D eigenvalue weighted by molar-refractivity contribution is 0.763. The molecule has 2 heterocycles. The van der Waals surface area contributed by atoms with Crippen molar-refractivity contribution in [2.75, 3.05) is 5.75 Å². The molecular weight excluding hydrogens is 208 g/mol. The van der Waals surface area contributed by atoms with Crippen LogP contribution in [0.1, 0.15) is 18.3 Å². The smallest absolute Gasteiger partial charge is 0.157 e. The molecule has 0 bridgehead atoms. The molecule has 5 heteroatoms. The minimum Gasteiger partial charge on any atom is -0.362 e.